The summed E-state index contributed by atoms with van der Waals surface area (Å²) in [5.41, 5.74) is 7.55. The van der Waals surface area contributed by atoms with E-state index in [1.54, 1.807) is 0 Å². The normalized spacial score (nSPS) is 12.1. The summed E-state index contributed by atoms with van der Waals surface area (Å²) < 4.78 is 11.4. The van der Waals surface area contributed by atoms with Gasteiger partial charge in [-0.3, -0.25) is 0 Å². The molecule has 0 aliphatic carbocycles. The first-order valence-electron chi connectivity index (χ1n) is 9.02. The third-order valence-corrected chi connectivity index (χ3v) is 4.00. The van der Waals surface area contributed by atoms with Crippen LogP contribution in [0.5, 0.6) is 5.75 Å². The van der Waals surface area contributed by atoms with E-state index in [-0.39, 0.29) is 0 Å². The fraction of sp³-hybridized carbons (Fsp3) is 0.429. The monoisotopic (exact) mass is 343 g/mol. The average molecular weight is 343 g/mol. The van der Waals surface area contributed by atoms with Crippen LogP contribution >= 0.6 is 0 Å². The van der Waals surface area contributed by atoms with E-state index in [0.29, 0.717) is 26.2 Å². The van der Waals surface area contributed by atoms with Gasteiger partial charge in [0.1, 0.15) is 5.75 Å². The predicted octanol–water partition coefficient (Wildman–Crippen LogP) is 3.83. The molecule has 3 N–H and O–H groups in total. The van der Waals surface area contributed by atoms with Gasteiger partial charge >= 0.3 is 0 Å². The molecule has 2 aromatic rings. The van der Waals surface area contributed by atoms with E-state index in [4.69, 9.17) is 15.2 Å². The van der Waals surface area contributed by atoms with Crippen LogP contribution in [0.15, 0.2) is 54.6 Å². The van der Waals surface area contributed by atoms with E-state index in [2.05, 4.69) is 12.1 Å². The summed E-state index contributed by atoms with van der Waals surface area (Å²) in [6.07, 6.45) is 3.14. The van der Waals surface area contributed by atoms with Crippen LogP contribution < -0.4 is 10.5 Å². The van der Waals surface area contributed by atoms with E-state index in [1.165, 1.54) is 5.56 Å². The number of nitrogens with two attached hydrogens (primary N) is 1. The fourth-order valence-corrected chi connectivity index (χ4v) is 2.57. The lowest BCUT2D eigenvalue weighted by atomic mass is 10.1. The number of aliphatic hydroxyl groups is 1. The molecule has 136 valence electrons. The zero-order chi connectivity index (χ0) is 17.7. The molecule has 0 aliphatic rings. The molecule has 2 rings (SSSR count). The Balaban J connectivity index is 1.55. The molecule has 0 aromatic heterocycles. The smallest absolute Gasteiger partial charge is 0.119 e. The minimum atomic E-state index is -0.518. The molecule has 4 heteroatoms. The summed E-state index contributed by atoms with van der Waals surface area (Å²) in [5, 5.41) is 9.97. The third kappa shape index (κ3) is 7.69. The number of benzene rings is 2. The van der Waals surface area contributed by atoms with Crippen molar-refractivity contribution in [1.29, 1.82) is 0 Å². The van der Waals surface area contributed by atoms with Crippen LogP contribution in [-0.4, -0.2) is 24.9 Å². The molecule has 0 radical (unpaired) electrons. The lowest BCUT2D eigenvalue weighted by Crippen LogP contribution is -2.07. The topological polar surface area (TPSA) is 64.7 Å². The Morgan fingerprint density at radius 3 is 2.52 bits per heavy atom. The number of hydrogen-bond acceptors (Lipinski definition) is 4. The van der Waals surface area contributed by atoms with Crippen LogP contribution in [0.4, 0.5) is 0 Å². The average Bonchev–Trinajstić information content (AvgIpc) is 2.65. The van der Waals surface area contributed by atoms with Crippen LogP contribution in [0.2, 0.25) is 0 Å². The van der Waals surface area contributed by atoms with Crippen molar-refractivity contribution in [2.75, 3.05) is 19.8 Å². The van der Waals surface area contributed by atoms with Crippen molar-refractivity contribution >= 4 is 0 Å². The molecule has 25 heavy (non-hydrogen) atoms. The summed E-state index contributed by atoms with van der Waals surface area (Å²) in [4.78, 5) is 0. The highest BCUT2D eigenvalue weighted by Gasteiger charge is 2.07. The number of ether oxygens (including phenoxy) is 2. The van der Waals surface area contributed by atoms with Crippen molar-refractivity contribution in [3.63, 3.8) is 0 Å². The van der Waals surface area contributed by atoms with Crippen LogP contribution in [0, 0.1) is 0 Å². The lowest BCUT2D eigenvalue weighted by molar-refractivity contribution is 0.116. The van der Waals surface area contributed by atoms with Crippen molar-refractivity contribution in [3.8, 4) is 5.75 Å². The quantitative estimate of drug-likeness (QED) is 0.575. The van der Waals surface area contributed by atoms with Gasteiger partial charge in [-0.25, -0.2) is 0 Å². The summed E-state index contributed by atoms with van der Waals surface area (Å²) in [7, 11) is 0. The highest BCUT2D eigenvalue weighted by Crippen LogP contribution is 2.21. The second-order valence-electron chi connectivity index (χ2n) is 6.11. The molecule has 0 fully saturated rings. The van der Waals surface area contributed by atoms with Crippen LogP contribution in [0.3, 0.4) is 0 Å². The molecule has 0 bridgehead atoms. The van der Waals surface area contributed by atoms with E-state index in [9.17, 15) is 5.11 Å². The Morgan fingerprint density at radius 1 is 0.920 bits per heavy atom. The van der Waals surface area contributed by atoms with Crippen LogP contribution in [-0.2, 0) is 11.3 Å². The van der Waals surface area contributed by atoms with Gasteiger partial charge in [-0.15, -0.1) is 0 Å². The molecule has 0 spiro atoms. The molecule has 0 aliphatic heterocycles. The zero-order valence-corrected chi connectivity index (χ0v) is 14.8. The lowest BCUT2D eigenvalue weighted by Gasteiger charge is -2.12. The summed E-state index contributed by atoms with van der Waals surface area (Å²) in [6.45, 7) is 2.60. The number of rotatable bonds is 12. The highest BCUT2D eigenvalue weighted by atomic mass is 16.5. The van der Waals surface area contributed by atoms with E-state index < -0.39 is 6.10 Å². The Morgan fingerprint density at radius 2 is 1.72 bits per heavy atom. The molecular formula is C21H29NO3. The Bertz CT molecular complexity index is 589. The van der Waals surface area contributed by atoms with Gasteiger partial charge in [-0.2, -0.15) is 0 Å². The fourth-order valence-electron chi connectivity index (χ4n) is 2.57. The molecular weight excluding hydrogens is 314 g/mol. The second-order valence-corrected chi connectivity index (χ2v) is 6.11. The van der Waals surface area contributed by atoms with Crippen molar-refractivity contribution in [2.45, 2.75) is 38.4 Å². The van der Waals surface area contributed by atoms with Gasteiger partial charge in [-0.05, 0) is 55.5 Å². The Kier molecular flexibility index (Phi) is 9.05. The van der Waals surface area contributed by atoms with Gasteiger partial charge in [0, 0.05) is 6.61 Å². The molecule has 1 atom stereocenters. The van der Waals surface area contributed by atoms with Crippen molar-refractivity contribution in [2.24, 2.45) is 5.73 Å². The Hall–Kier alpha value is -1.88. The van der Waals surface area contributed by atoms with Crippen LogP contribution in [0.25, 0.3) is 0 Å². The molecule has 0 saturated carbocycles. The first kappa shape index (κ1) is 19.4. The van der Waals surface area contributed by atoms with Gasteiger partial charge in [0.05, 0.1) is 19.3 Å². The SMILES string of the molecule is NCCC(O)c1cccc(OCCCCCOCc2ccccc2)c1. The van der Waals surface area contributed by atoms with Gasteiger partial charge < -0.3 is 20.3 Å². The number of aliphatic hydroxyl groups excluding tert-OH is 1. The van der Waals surface area contributed by atoms with E-state index in [1.807, 2.05) is 42.5 Å². The molecule has 0 heterocycles. The maximum absolute atomic E-state index is 9.97. The van der Waals surface area contributed by atoms with E-state index >= 15 is 0 Å². The van der Waals surface area contributed by atoms with Crippen molar-refractivity contribution < 1.29 is 14.6 Å². The van der Waals surface area contributed by atoms with Gasteiger partial charge in [0.15, 0.2) is 0 Å². The molecule has 2 aromatic carbocycles. The minimum Gasteiger partial charge on any atom is -0.494 e. The molecule has 1 unspecified atom stereocenters. The molecule has 4 nitrogen and oxygen atoms in total. The highest BCUT2D eigenvalue weighted by molar-refractivity contribution is 5.29. The van der Waals surface area contributed by atoms with Gasteiger partial charge in [-0.1, -0.05) is 42.5 Å². The summed E-state index contributed by atoms with van der Waals surface area (Å²) >= 11 is 0. The maximum atomic E-state index is 9.97. The van der Waals surface area contributed by atoms with E-state index in [0.717, 1.165) is 37.2 Å². The maximum Gasteiger partial charge on any atom is 0.119 e. The summed E-state index contributed by atoms with van der Waals surface area (Å²) in [6, 6.07) is 17.8. The van der Waals surface area contributed by atoms with Crippen molar-refractivity contribution in [1.82, 2.24) is 0 Å². The molecule has 0 amide bonds. The number of unbranched alkanes of at least 4 members (excludes halogenated alkanes) is 2. The predicted molar refractivity (Wildman–Crippen MR) is 101 cm³/mol. The minimum absolute atomic E-state index is 0.471. The molecule has 0 saturated heterocycles. The van der Waals surface area contributed by atoms with Gasteiger partial charge in [0.2, 0.25) is 0 Å². The first-order chi connectivity index (χ1) is 12.3. The third-order valence-electron chi connectivity index (χ3n) is 4.00. The Labute approximate surface area is 150 Å². The van der Waals surface area contributed by atoms with Crippen LogP contribution in [0.1, 0.15) is 42.9 Å². The standard InChI is InChI=1S/C21H29NO3/c22-13-12-21(23)19-10-7-11-20(16-19)25-15-6-2-5-14-24-17-18-8-3-1-4-9-18/h1,3-4,7-11,16,21,23H,2,5-6,12-15,17,22H2. The zero-order valence-electron chi connectivity index (χ0n) is 14.8. The number of hydrogen-bond donors (Lipinski definition) is 2. The van der Waals surface area contributed by atoms with Gasteiger partial charge in [0.25, 0.3) is 0 Å². The summed E-state index contributed by atoms with van der Waals surface area (Å²) in [5.74, 6) is 0.800. The first-order valence-corrected chi connectivity index (χ1v) is 9.02. The van der Waals surface area contributed by atoms with Crippen molar-refractivity contribution in [3.05, 3.63) is 65.7 Å². The largest absolute Gasteiger partial charge is 0.494 e. The second kappa shape index (κ2) is 11.6.